The van der Waals surface area contributed by atoms with E-state index in [1.54, 1.807) is 12.1 Å². The van der Waals surface area contributed by atoms with Gasteiger partial charge in [-0.15, -0.1) is 0 Å². The van der Waals surface area contributed by atoms with Gasteiger partial charge in [-0.2, -0.15) is 0 Å². The Labute approximate surface area is 123 Å². The number of carboxylic acids is 1. The second-order valence-electron chi connectivity index (χ2n) is 5.35. The summed E-state index contributed by atoms with van der Waals surface area (Å²) in [5.41, 5.74) is 3.15. The van der Waals surface area contributed by atoms with E-state index in [0.29, 0.717) is 24.2 Å². The fraction of sp³-hybridized carbons (Fsp3) is 0.294. The summed E-state index contributed by atoms with van der Waals surface area (Å²) < 4.78 is 1.84. The van der Waals surface area contributed by atoms with E-state index in [0.717, 1.165) is 12.1 Å². The number of benzene rings is 1. The number of nitrogens with zero attached hydrogens (tertiary/aromatic N) is 1. The molecular weight excluding hydrogens is 266 g/mol. The maximum absolute atomic E-state index is 12.6. The van der Waals surface area contributed by atoms with E-state index < -0.39 is 11.9 Å². The Hall–Kier alpha value is -2.36. The monoisotopic (exact) mass is 283 g/mol. The lowest BCUT2D eigenvalue weighted by molar-refractivity contribution is -0.138. The van der Waals surface area contributed by atoms with E-state index in [1.807, 2.05) is 28.8 Å². The van der Waals surface area contributed by atoms with Crippen molar-refractivity contribution in [3.05, 3.63) is 58.9 Å². The van der Waals surface area contributed by atoms with Crippen LogP contribution in [0.15, 0.2) is 36.4 Å². The molecule has 1 atom stereocenters. The van der Waals surface area contributed by atoms with Crippen LogP contribution in [0.3, 0.4) is 0 Å². The maximum atomic E-state index is 12.6. The van der Waals surface area contributed by atoms with Crippen LogP contribution in [0.1, 0.15) is 46.6 Å². The summed E-state index contributed by atoms with van der Waals surface area (Å²) in [6, 6.07) is 11.1. The number of fused-ring (bicyclic) bond motifs is 1. The molecule has 21 heavy (non-hydrogen) atoms. The minimum absolute atomic E-state index is 0.0464. The first-order valence-corrected chi connectivity index (χ1v) is 7.17. The lowest BCUT2D eigenvalue weighted by Crippen LogP contribution is -2.10. The molecule has 0 aliphatic carbocycles. The Balaban J connectivity index is 1.93. The van der Waals surface area contributed by atoms with Gasteiger partial charge in [0, 0.05) is 17.8 Å². The highest BCUT2D eigenvalue weighted by Crippen LogP contribution is 2.31. The summed E-state index contributed by atoms with van der Waals surface area (Å²) in [6.07, 6.45) is 1.50. The van der Waals surface area contributed by atoms with E-state index in [2.05, 4.69) is 6.92 Å². The predicted molar refractivity (Wildman–Crippen MR) is 78.7 cm³/mol. The van der Waals surface area contributed by atoms with Crippen LogP contribution >= 0.6 is 0 Å². The molecule has 4 heteroatoms. The number of aryl methyl sites for hydroxylation is 1. The fourth-order valence-corrected chi connectivity index (χ4v) is 2.93. The second-order valence-corrected chi connectivity index (χ2v) is 5.35. The quantitative estimate of drug-likeness (QED) is 0.878. The predicted octanol–water partition coefficient (Wildman–Crippen LogP) is 2.85. The average molecular weight is 283 g/mol. The van der Waals surface area contributed by atoms with Crippen molar-refractivity contribution in [3.8, 4) is 0 Å². The zero-order valence-corrected chi connectivity index (χ0v) is 11.9. The maximum Gasteiger partial charge on any atom is 0.312 e. The lowest BCUT2D eigenvalue weighted by Gasteiger charge is -2.06. The average Bonchev–Trinajstić information content (AvgIpc) is 3.07. The number of hydrogen-bond donors (Lipinski definition) is 1. The number of carboxylic acid groups (broad SMARTS) is 1. The number of ketones is 1. The van der Waals surface area contributed by atoms with Gasteiger partial charge in [0.25, 0.3) is 0 Å². The molecule has 0 bridgehead atoms. The normalized spacial score (nSPS) is 16.7. The summed E-state index contributed by atoms with van der Waals surface area (Å²) in [7, 11) is 0. The number of aromatic nitrogens is 1. The van der Waals surface area contributed by atoms with E-state index in [9.17, 15) is 14.7 Å². The highest BCUT2D eigenvalue weighted by Gasteiger charge is 2.31. The van der Waals surface area contributed by atoms with Crippen molar-refractivity contribution >= 4 is 11.8 Å². The summed E-state index contributed by atoms with van der Waals surface area (Å²) in [5.74, 6) is -1.36. The van der Waals surface area contributed by atoms with Gasteiger partial charge < -0.3 is 9.67 Å². The van der Waals surface area contributed by atoms with Gasteiger partial charge in [0.05, 0.1) is 11.6 Å². The van der Waals surface area contributed by atoms with Gasteiger partial charge in [0.1, 0.15) is 0 Å². The van der Waals surface area contributed by atoms with Crippen molar-refractivity contribution in [2.75, 3.05) is 0 Å². The first-order valence-electron chi connectivity index (χ1n) is 7.17. The zero-order chi connectivity index (χ0) is 15.0. The standard InChI is InChI=1S/C17H17NO3/c1-2-11-3-5-12(6-4-11)16(19)15-8-7-14-13(17(20)21)9-10-18(14)15/h3-8,13H,2,9-10H2,1H3,(H,20,21). The first-order chi connectivity index (χ1) is 10.1. The molecule has 1 aromatic heterocycles. The van der Waals surface area contributed by atoms with Gasteiger partial charge >= 0.3 is 5.97 Å². The largest absolute Gasteiger partial charge is 0.481 e. The molecule has 0 amide bonds. The van der Waals surface area contributed by atoms with E-state index in [4.69, 9.17) is 0 Å². The van der Waals surface area contributed by atoms with Crippen LogP contribution in [0.2, 0.25) is 0 Å². The van der Waals surface area contributed by atoms with Crippen molar-refractivity contribution in [2.24, 2.45) is 0 Å². The van der Waals surface area contributed by atoms with E-state index in [1.165, 1.54) is 5.56 Å². The molecule has 1 aliphatic rings. The number of rotatable bonds is 4. The molecule has 1 aromatic carbocycles. The Bertz CT molecular complexity index is 697. The van der Waals surface area contributed by atoms with Gasteiger partial charge in [-0.1, -0.05) is 31.2 Å². The molecule has 2 heterocycles. The Morgan fingerprint density at radius 3 is 2.52 bits per heavy atom. The molecule has 3 rings (SSSR count). The van der Waals surface area contributed by atoms with Gasteiger partial charge in [0.15, 0.2) is 0 Å². The molecule has 4 nitrogen and oxygen atoms in total. The van der Waals surface area contributed by atoms with Crippen molar-refractivity contribution in [1.82, 2.24) is 4.57 Å². The summed E-state index contributed by atoms with van der Waals surface area (Å²) in [5, 5.41) is 9.18. The van der Waals surface area contributed by atoms with Crippen molar-refractivity contribution in [1.29, 1.82) is 0 Å². The molecule has 108 valence electrons. The highest BCUT2D eigenvalue weighted by atomic mass is 16.4. The number of carbonyl (C=O) groups is 2. The van der Waals surface area contributed by atoms with Crippen LogP contribution in [-0.2, 0) is 17.8 Å². The van der Waals surface area contributed by atoms with Crippen LogP contribution in [0, 0.1) is 0 Å². The van der Waals surface area contributed by atoms with Crippen LogP contribution in [0.5, 0.6) is 0 Å². The molecular formula is C17H17NO3. The number of aliphatic carboxylic acids is 1. The molecule has 2 aromatic rings. The van der Waals surface area contributed by atoms with Crippen LogP contribution in [0.4, 0.5) is 0 Å². The van der Waals surface area contributed by atoms with E-state index >= 15 is 0 Å². The molecule has 1 aliphatic heterocycles. The van der Waals surface area contributed by atoms with Crippen LogP contribution in [0.25, 0.3) is 0 Å². The molecule has 0 radical (unpaired) electrons. The Morgan fingerprint density at radius 1 is 1.19 bits per heavy atom. The lowest BCUT2D eigenvalue weighted by atomic mass is 10.0. The van der Waals surface area contributed by atoms with Gasteiger partial charge in [-0.3, -0.25) is 9.59 Å². The molecule has 0 spiro atoms. The molecule has 0 saturated heterocycles. The third-order valence-corrected chi connectivity index (χ3v) is 4.17. The number of carbonyl (C=O) groups excluding carboxylic acids is 1. The summed E-state index contributed by atoms with van der Waals surface area (Å²) in [4.78, 5) is 23.8. The van der Waals surface area contributed by atoms with Gasteiger partial charge in [-0.25, -0.2) is 0 Å². The Kier molecular flexibility index (Phi) is 3.37. The summed E-state index contributed by atoms with van der Waals surface area (Å²) in [6.45, 7) is 2.66. The Morgan fingerprint density at radius 2 is 1.90 bits per heavy atom. The fourth-order valence-electron chi connectivity index (χ4n) is 2.93. The van der Waals surface area contributed by atoms with Crippen molar-refractivity contribution < 1.29 is 14.7 Å². The SMILES string of the molecule is CCc1ccc(C(=O)c2ccc3n2CCC3C(=O)O)cc1. The molecule has 0 saturated carbocycles. The third-order valence-electron chi connectivity index (χ3n) is 4.17. The zero-order valence-electron chi connectivity index (χ0n) is 11.9. The minimum Gasteiger partial charge on any atom is -0.481 e. The van der Waals surface area contributed by atoms with E-state index in [-0.39, 0.29) is 5.78 Å². The smallest absolute Gasteiger partial charge is 0.312 e. The third kappa shape index (κ3) is 2.27. The first kappa shape index (κ1) is 13.6. The van der Waals surface area contributed by atoms with Crippen molar-refractivity contribution in [2.45, 2.75) is 32.2 Å². The topological polar surface area (TPSA) is 59.3 Å². The van der Waals surface area contributed by atoms with Gasteiger partial charge in [0.2, 0.25) is 5.78 Å². The van der Waals surface area contributed by atoms with Crippen LogP contribution < -0.4 is 0 Å². The summed E-state index contributed by atoms with van der Waals surface area (Å²) >= 11 is 0. The molecule has 1 N–H and O–H groups in total. The molecule has 1 unspecified atom stereocenters. The number of hydrogen-bond acceptors (Lipinski definition) is 2. The van der Waals surface area contributed by atoms with Crippen molar-refractivity contribution in [3.63, 3.8) is 0 Å². The van der Waals surface area contributed by atoms with Crippen LogP contribution in [-0.4, -0.2) is 21.4 Å². The molecule has 0 fully saturated rings. The second kappa shape index (κ2) is 5.20. The highest BCUT2D eigenvalue weighted by molar-refractivity contribution is 6.08. The minimum atomic E-state index is -0.821. The van der Waals surface area contributed by atoms with Gasteiger partial charge in [-0.05, 0) is 30.5 Å².